The third kappa shape index (κ3) is 4.05. The van der Waals surface area contributed by atoms with Crippen molar-refractivity contribution in [1.29, 1.82) is 0 Å². The zero-order chi connectivity index (χ0) is 14.7. The van der Waals surface area contributed by atoms with Crippen LogP contribution in [0.4, 0.5) is 10.9 Å². The molecular weight excluding hydrogens is 290 g/mol. The van der Waals surface area contributed by atoms with Crippen molar-refractivity contribution in [3.63, 3.8) is 0 Å². The number of nitrogens with two attached hydrogens (primary N) is 1. The molecule has 2 fully saturated rings. The third-order valence-electron chi connectivity index (χ3n) is 3.58. The van der Waals surface area contributed by atoms with Crippen molar-refractivity contribution < 1.29 is 9.53 Å². The molecule has 1 saturated heterocycles. The molecule has 116 valence electrons. The van der Waals surface area contributed by atoms with E-state index >= 15 is 0 Å². The fourth-order valence-corrected chi connectivity index (χ4v) is 3.07. The second kappa shape index (κ2) is 6.59. The molecule has 0 bridgehead atoms. The Kier molecular flexibility index (Phi) is 4.57. The molecule has 0 atom stereocenters. The minimum Gasteiger partial charge on any atom is -0.382 e. The summed E-state index contributed by atoms with van der Waals surface area (Å²) < 4.78 is 5.29. The Morgan fingerprint density at radius 1 is 1.43 bits per heavy atom. The zero-order valence-electron chi connectivity index (χ0n) is 11.9. The molecular formula is C13H21N5O2S. The lowest BCUT2D eigenvalue weighted by molar-refractivity contribution is 0.0383. The van der Waals surface area contributed by atoms with Crippen LogP contribution in [0.3, 0.4) is 0 Å². The van der Waals surface area contributed by atoms with Gasteiger partial charge in [0.1, 0.15) is 10.7 Å². The van der Waals surface area contributed by atoms with E-state index in [9.17, 15) is 4.79 Å². The van der Waals surface area contributed by atoms with Crippen molar-refractivity contribution in [2.45, 2.75) is 18.9 Å². The van der Waals surface area contributed by atoms with Gasteiger partial charge in [0.25, 0.3) is 5.91 Å². The Morgan fingerprint density at radius 2 is 2.19 bits per heavy atom. The number of nitrogens with zero attached hydrogens (tertiary/aromatic N) is 2. The normalized spacial score (nSPS) is 19.4. The number of thiazole rings is 1. The third-order valence-corrected chi connectivity index (χ3v) is 4.58. The number of ether oxygens (including phenoxy) is 1. The molecule has 1 aromatic rings. The summed E-state index contributed by atoms with van der Waals surface area (Å²) in [5.41, 5.74) is 5.82. The molecule has 2 heterocycles. The fraction of sp³-hybridized carbons (Fsp3) is 0.692. The lowest BCUT2D eigenvalue weighted by Gasteiger charge is -2.26. The minimum atomic E-state index is -0.137. The first-order valence-corrected chi connectivity index (χ1v) is 8.15. The quantitative estimate of drug-likeness (QED) is 0.702. The number of carbonyl (C=O) groups excluding carboxylic acids is 1. The minimum absolute atomic E-state index is 0.137. The molecule has 1 aliphatic heterocycles. The number of hydrogen-bond acceptors (Lipinski definition) is 7. The van der Waals surface area contributed by atoms with Gasteiger partial charge in [-0.15, -0.1) is 0 Å². The number of anilines is 2. The highest BCUT2D eigenvalue weighted by molar-refractivity contribution is 7.18. The fourth-order valence-electron chi connectivity index (χ4n) is 2.19. The van der Waals surface area contributed by atoms with Crippen molar-refractivity contribution >= 4 is 28.2 Å². The van der Waals surface area contributed by atoms with E-state index in [-0.39, 0.29) is 5.91 Å². The van der Waals surface area contributed by atoms with Gasteiger partial charge in [-0.05, 0) is 12.8 Å². The highest BCUT2D eigenvalue weighted by atomic mass is 32.1. The molecule has 1 amide bonds. The smallest absolute Gasteiger partial charge is 0.265 e. The molecule has 4 N–H and O–H groups in total. The van der Waals surface area contributed by atoms with Crippen LogP contribution in [0.25, 0.3) is 0 Å². The van der Waals surface area contributed by atoms with Gasteiger partial charge >= 0.3 is 0 Å². The van der Waals surface area contributed by atoms with E-state index in [1.807, 2.05) is 0 Å². The molecule has 1 aromatic heterocycles. The number of amides is 1. The molecule has 1 aliphatic carbocycles. The van der Waals surface area contributed by atoms with Crippen molar-refractivity contribution in [1.82, 2.24) is 15.2 Å². The molecule has 0 unspecified atom stereocenters. The van der Waals surface area contributed by atoms with E-state index < -0.39 is 0 Å². The molecule has 0 aromatic carbocycles. The number of hydrogen-bond donors (Lipinski definition) is 3. The van der Waals surface area contributed by atoms with Gasteiger partial charge in [-0.1, -0.05) is 11.3 Å². The summed E-state index contributed by atoms with van der Waals surface area (Å²) in [5.74, 6) is 0.175. The van der Waals surface area contributed by atoms with Crippen LogP contribution in [0.1, 0.15) is 22.5 Å². The maximum atomic E-state index is 12.1. The van der Waals surface area contributed by atoms with Crippen molar-refractivity contribution in [2.24, 2.45) is 0 Å². The zero-order valence-corrected chi connectivity index (χ0v) is 12.7. The summed E-state index contributed by atoms with van der Waals surface area (Å²) in [5, 5.41) is 6.92. The van der Waals surface area contributed by atoms with Crippen LogP contribution in [0.2, 0.25) is 0 Å². The highest BCUT2D eigenvalue weighted by Crippen LogP contribution is 2.30. The molecule has 0 spiro atoms. The summed E-state index contributed by atoms with van der Waals surface area (Å²) in [4.78, 5) is 19.1. The van der Waals surface area contributed by atoms with Crippen molar-refractivity contribution in [2.75, 3.05) is 50.4 Å². The average molecular weight is 311 g/mol. The lowest BCUT2D eigenvalue weighted by Crippen LogP contribution is -2.41. The summed E-state index contributed by atoms with van der Waals surface area (Å²) in [6.45, 7) is 4.84. The van der Waals surface area contributed by atoms with E-state index in [1.54, 1.807) is 0 Å². The van der Waals surface area contributed by atoms with Crippen LogP contribution in [0, 0.1) is 0 Å². The number of nitrogen functional groups attached to an aromatic ring is 1. The first-order chi connectivity index (χ1) is 10.2. The van der Waals surface area contributed by atoms with Gasteiger partial charge in [0.2, 0.25) is 0 Å². The second-order valence-electron chi connectivity index (χ2n) is 5.36. The predicted octanol–water partition coefficient (Wildman–Crippen LogP) is 0.362. The van der Waals surface area contributed by atoms with Gasteiger partial charge in [0.15, 0.2) is 5.13 Å². The monoisotopic (exact) mass is 311 g/mol. The Labute approximate surface area is 127 Å². The van der Waals surface area contributed by atoms with E-state index in [0.717, 1.165) is 38.0 Å². The standard InChI is InChI=1S/C13H21N5O2S/c14-11-10(21-13(17-11)16-9-1-2-9)12(19)15-3-4-18-5-7-20-8-6-18/h9H,1-8,14H2,(H,15,19)(H,16,17). The molecule has 1 saturated carbocycles. The molecule has 7 nitrogen and oxygen atoms in total. The van der Waals surface area contributed by atoms with Gasteiger partial charge in [0, 0.05) is 32.2 Å². The van der Waals surface area contributed by atoms with E-state index in [4.69, 9.17) is 10.5 Å². The number of aromatic nitrogens is 1. The first-order valence-electron chi connectivity index (χ1n) is 7.33. The van der Waals surface area contributed by atoms with Gasteiger partial charge in [-0.25, -0.2) is 4.98 Å². The summed E-state index contributed by atoms with van der Waals surface area (Å²) in [6.07, 6.45) is 2.33. The number of nitrogens with one attached hydrogen (secondary N) is 2. The van der Waals surface area contributed by atoms with Crippen LogP contribution in [-0.4, -0.2) is 61.2 Å². The van der Waals surface area contributed by atoms with Crippen molar-refractivity contribution in [3.8, 4) is 0 Å². The van der Waals surface area contributed by atoms with E-state index in [1.165, 1.54) is 24.2 Å². The van der Waals surface area contributed by atoms with E-state index in [2.05, 4.69) is 20.5 Å². The van der Waals surface area contributed by atoms with Crippen molar-refractivity contribution in [3.05, 3.63) is 4.88 Å². The molecule has 21 heavy (non-hydrogen) atoms. The number of morpholine rings is 1. The Balaban J connectivity index is 1.46. The van der Waals surface area contributed by atoms with Gasteiger partial charge < -0.3 is 21.1 Å². The van der Waals surface area contributed by atoms with Gasteiger partial charge in [0.05, 0.1) is 13.2 Å². The van der Waals surface area contributed by atoms with Crippen LogP contribution in [0.15, 0.2) is 0 Å². The molecule has 8 heteroatoms. The van der Waals surface area contributed by atoms with Crippen LogP contribution in [0.5, 0.6) is 0 Å². The maximum Gasteiger partial charge on any atom is 0.265 e. The average Bonchev–Trinajstić information content (AvgIpc) is 3.21. The predicted molar refractivity (Wildman–Crippen MR) is 82.8 cm³/mol. The van der Waals surface area contributed by atoms with Crippen LogP contribution >= 0.6 is 11.3 Å². The largest absolute Gasteiger partial charge is 0.382 e. The Hall–Kier alpha value is -1.38. The molecule has 2 aliphatic rings. The second-order valence-corrected chi connectivity index (χ2v) is 6.36. The van der Waals surface area contributed by atoms with Gasteiger partial charge in [-0.3, -0.25) is 9.69 Å². The highest BCUT2D eigenvalue weighted by Gasteiger charge is 2.24. The first kappa shape index (κ1) is 14.6. The Morgan fingerprint density at radius 3 is 2.90 bits per heavy atom. The summed E-state index contributed by atoms with van der Waals surface area (Å²) >= 11 is 1.33. The lowest BCUT2D eigenvalue weighted by atomic mass is 10.4. The topological polar surface area (TPSA) is 92.5 Å². The van der Waals surface area contributed by atoms with Gasteiger partial charge in [-0.2, -0.15) is 0 Å². The van der Waals surface area contributed by atoms with Crippen LogP contribution in [-0.2, 0) is 4.74 Å². The Bertz CT molecular complexity index is 497. The summed E-state index contributed by atoms with van der Waals surface area (Å²) in [7, 11) is 0. The maximum absolute atomic E-state index is 12.1. The van der Waals surface area contributed by atoms with Crippen LogP contribution < -0.4 is 16.4 Å². The number of rotatable bonds is 6. The SMILES string of the molecule is Nc1nc(NC2CC2)sc1C(=O)NCCN1CCOCC1. The molecule has 3 rings (SSSR count). The van der Waals surface area contributed by atoms with E-state index in [0.29, 0.717) is 23.3 Å². The number of carbonyl (C=O) groups is 1. The summed E-state index contributed by atoms with van der Waals surface area (Å²) in [6, 6.07) is 0.507. The molecule has 0 radical (unpaired) electrons.